The minimum Gasteiger partial charge on any atom is -0.482 e. The van der Waals surface area contributed by atoms with Crippen LogP contribution in [0.3, 0.4) is 0 Å². The largest absolute Gasteiger partial charge is 0.482 e. The lowest BCUT2D eigenvalue weighted by molar-refractivity contribution is -0.123. The molecule has 2 aliphatic rings. The Morgan fingerprint density at radius 2 is 2.18 bits per heavy atom. The number of rotatable bonds is 5. The maximum atomic E-state index is 13.0. The summed E-state index contributed by atoms with van der Waals surface area (Å²) in [5.41, 5.74) is 9.17. The second-order valence-corrected chi connectivity index (χ2v) is 10.8. The molecule has 8 nitrogen and oxygen atoms in total. The van der Waals surface area contributed by atoms with Gasteiger partial charge in [0.2, 0.25) is 5.91 Å². The smallest absolute Gasteiger partial charge is 0.265 e. The van der Waals surface area contributed by atoms with Crippen molar-refractivity contribution in [2.45, 2.75) is 33.1 Å². The molecule has 5 rings (SSSR count). The second-order valence-electron chi connectivity index (χ2n) is 8.67. The Hall–Kier alpha value is -3.24. The van der Waals surface area contributed by atoms with Crippen molar-refractivity contribution in [1.82, 2.24) is 4.98 Å². The highest BCUT2D eigenvalue weighted by atomic mass is 32.1. The molecule has 0 bridgehead atoms. The Morgan fingerprint density at radius 1 is 1.35 bits per heavy atom. The monoisotopic (exact) mass is 496 g/mol. The summed E-state index contributed by atoms with van der Waals surface area (Å²) in [6, 6.07) is 5.49. The third-order valence-corrected chi connectivity index (χ3v) is 8.07. The Bertz CT molecular complexity index is 1310. The van der Waals surface area contributed by atoms with E-state index in [0.717, 1.165) is 46.0 Å². The van der Waals surface area contributed by atoms with Crippen molar-refractivity contribution in [3.8, 4) is 17.0 Å². The van der Waals surface area contributed by atoms with Gasteiger partial charge in [-0.15, -0.1) is 22.7 Å². The minimum absolute atomic E-state index is 0.146. The standard InChI is InChI=1S/C24H24N4O4S2/c1-12-3-5-15-19(7-12)34-24(22(15)23(25)31)27-20(29)9-28-17-8-14(16-11-33-13(2)26-16)4-6-18(17)32-10-21(28)30/h4,6,8,11-12H,3,5,7,9-10H2,1-2H3,(H2,25,31)(H,27,29). The number of aryl methyl sites for hydroxylation is 1. The number of hydrogen-bond acceptors (Lipinski definition) is 7. The first kappa shape index (κ1) is 22.5. The highest BCUT2D eigenvalue weighted by molar-refractivity contribution is 7.17. The van der Waals surface area contributed by atoms with Crippen LogP contribution in [-0.4, -0.2) is 35.9 Å². The molecule has 0 fully saturated rings. The van der Waals surface area contributed by atoms with Gasteiger partial charge in [-0.05, 0) is 55.9 Å². The molecule has 3 heterocycles. The van der Waals surface area contributed by atoms with Gasteiger partial charge in [0.1, 0.15) is 17.3 Å². The molecule has 1 unspecified atom stereocenters. The van der Waals surface area contributed by atoms with Crippen LogP contribution in [0.25, 0.3) is 11.3 Å². The van der Waals surface area contributed by atoms with Crippen LogP contribution in [0.2, 0.25) is 0 Å². The Morgan fingerprint density at radius 3 is 2.91 bits per heavy atom. The molecule has 1 atom stereocenters. The average Bonchev–Trinajstić information content (AvgIpc) is 3.38. The summed E-state index contributed by atoms with van der Waals surface area (Å²) in [6.07, 6.45) is 2.62. The number of aromatic nitrogens is 1. The van der Waals surface area contributed by atoms with Gasteiger partial charge in [-0.1, -0.05) is 6.92 Å². The van der Waals surface area contributed by atoms with Crippen LogP contribution < -0.4 is 20.7 Å². The molecule has 3 amide bonds. The van der Waals surface area contributed by atoms with Crippen LogP contribution in [-0.2, 0) is 22.4 Å². The summed E-state index contributed by atoms with van der Waals surface area (Å²) in [5, 5.41) is 6.20. The lowest BCUT2D eigenvalue weighted by atomic mass is 9.88. The SMILES string of the molecule is Cc1nc(-c2ccc3c(c2)N(CC(=O)Nc2sc4c(c2C(N)=O)CCC(C)C4)C(=O)CO3)cs1. The first-order valence-electron chi connectivity index (χ1n) is 11.0. The normalized spacial score (nSPS) is 17.1. The summed E-state index contributed by atoms with van der Waals surface area (Å²) >= 11 is 2.95. The lowest BCUT2D eigenvalue weighted by Gasteiger charge is -2.29. The molecular formula is C24H24N4O4S2. The van der Waals surface area contributed by atoms with Crippen molar-refractivity contribution in [1.29, 1.82) is 0 Å². The molecule has 2 aromatic heterocycles. The number of ether oxygens (including phenoxy) is 1. The third-order valence-electron chi connectivity index (χ3n) is 6.13. The number of carbonyl (C=O) groups excluding carboxylic acids is 3. The predicted molar refractivity (Wildman–Crippen MR) is 133 cm³/mol. The van der Waals surface area contributed by atoms with Gasteiger partial charge in [-0.25, -0.2) is 4.98 Å². The molecule has 0 spiro atoms. The van der Waals surface area contributed by atoms with Crippen LogP contribution in [0.5, 0.6) is 5.75 Å². The van der Waals surface area contributed by atoms with Crippen LogP contribution >= 0.6 is 22.7 Å². The quantitative estimate of drug-likeness (QED) is 0.558. The second kappa shape index (κ2) is 8.84. The zero-order valence-corrected chi connectivity index (χ0v) is 20.5. The van der Waals surface area contributed by atoms with E-state index in [1.165, 1.54) is 16.2 Å². The highest BCUT2D eigenvalue weighted by Crippen LogP contribution is 2.40. The number of nitrogens with one attached hydrogen (secondary N) is 1. The fourth-order valence-corrected chi connectivity index (χ4v) is 6.49. The zero-order valence-electron chi connectivity index (χ0n) is 18.8. The average molecular weight is 497 g/mol. The number of thiazole rings is 1. The van der Waals surface area contributed by atoms with Crippen molar-refractivity contribution in [3.05, 3.63) is 44.6 Å². The van der Waals surface area contributed by atoms with Gasteiger partial charge >= 0.3 is 0 Å². The van der Waals surface area contributed by atoms with E-state index in [1.807, 2.05) is 24.4 Å². The van der Waals surface area contributed by atoms with Crippen LogP contribution in [0.4, 0.5) is 10.7 Å². The molecule has 0 radical (unpaired) electrons. The number of thiophene rings is 1. The van der Waals surface area contributed by atoms with E-state index in [0.29, 0.717) is 27.9 Å². The molecule has 1 aliphatic carbocycles. The molecule has 10 heteroatoms. The van der Waals surface area contributed by atoms with Gasteiger partial charge in [0.25, 0.3) is 11.8 Å². The minimum atomic E-state index is -0.543. The topological polar surface area (TPSA) is 115 Å². The van der Waals surface area contributed by atoms with Crippen molar-refractivity contribution < 1.29 is 19.1 Å². The number of amides is 3. The van der Waals surface area contributed by atoms with Gasteiger partial charge in [0.05, 0.1) is 22.0 Å². The molecule has 0 saturated heterocycles. The molecule has 0 saturated carbocycles. The van der Waals surface area contributed by atoms with Gasteiger partial charge < -0.3 is 15.8 Å². The van der Waals surface area contributed by atoms with Crippen molar-refractivity contribution in [2.75, 3.05) is 23.4 Å². The summed E-state index contributed by atoms with van der Waals surface area (Å²) < 4.78 is 5.58. The van der Waals surface area contributed by atoms with E-state index in [4.69, 9.17) is 10.5 Å². The van der Waals surface area contributed by atoms with E-state index in [1.54, 1.807) is 17.4 Å². The fourth-order valence-electron chi connectivity index (χ4n) is 4.44. The number of anilines is 2. The molecule has 176 valence electrons. The first-order valence-corrected chi connectivity index (χ1v) is 12.7. The molecule has 3 aromatic rings. The van der Waals surface area contributed by atoms with Gasteiger partial charge in [0, 0.05) is 15.8 Å². The number of benzene rings is 1. The number of fused-ring (bicyclic) bond motifs is 2. The van der Waals surface area contributed by atoms with Crippen molar-refractivity contribution in [2.24, 2.45) is 11.7 Å². The Kier molecular flexibility index (Phi) is 5.86. The number of primary amides is 1. The number of carbonyl (C=O) groups is 3. The summed E-state index contributed by atoms with van der Waals surface area (Å²) in [7, 11) is 0. The van der Waals surface area contributed by atoms with E-state index >= 15 is 0 Å². The van der Waals surface area contributed by atoms with E-state index in [2.05, 4.69) is 17.2 Å². The summed E-state index contributed by atoms with van der Waals surface area (Å²) in [6.45, 7) is 3.76. The van der Waals surface area contributed by atoms with Crippen LogP contribution in [0, 0.1) is 12.8 Å². The molecule has 1 aliphatic heterocycles. The van der Waals surface area contributed by atoms with Gasteiger partial charge in [-0.2, -0.15) is 0 Å². The van der Waals surface area contributed by atoms with E-state index in [9.17, 15) is 14.4 Å². The Labute approximate surface area is 204 Å². The summed E-state index contributed by atoms with van der Waals surface area (Å²) in [4.78, 5) is 45.0. The Balaban J connectivity index is 1.41. The molecule has 34 heavy (non-hydrogen) atoms. The maximum absolute atomic E-state index is 13.0. The highest BCUT2D eigenvalue weighted by Gasteiger charge is 2.30. The lowest BCUT2D eigenvalue weighted by Crippen LogP contribution is -2.43. The van der Waals surface area contributed by atoms with Gasteiger partial charge in [-0.3, -0.25) is 19.3 Å². The molecule has 3 N–H and O–H groups in total. The fraction of sp³-hybridized carbons (Fsp3) is 0.333. The van der Waals surface area contributed by atoms with Gasteiger partial charge in [0.15, 0.2) is 6.61 Å². The number of nitrogens with two attached hydrogens (primary N) is 1. The van der Waals surface area contributed by atoms with Crippen molar-refractivity contribution in [3.63, 3.8) is 0 Å². The first-order chi connectivity index (χ1) is 16.3. The maximum Gasteiger partial charge on any atom is 0.265 e. The molecule has 1 aromatic carbocycles. The molecular weight excluding hydrogens is 472 g/mol. The predicted octanol–water partition coefficient (Wildman–Crippen LogP) is 3.77. The third kappa shape index (κ3) is 4.19. The number of nitrogens with zero attached hydrogens (tertiary/aromatic N) is 2. The van der Waals surface area contributed by atoms with Crippen molar-refractivity contribution >= 4 is 51.1 Å². The summed E-state index contributed by atoms with van der Waals surface area (Å²) in [5.74, 6) is -0.206. The zero-order chi connectivity index (χ0) is 24.0. The van der Waals surface area contributed by atoms with E-state index in [-0.39, 0.29) is 19.1 Å². The van der Waals surface area contributed by atoms with Crippen LogP contribution in [0.15, 0.2) is 23.6 Å². The van der Waals surface area contributed by atoms with Crippen LogP contribution in [0.1, 0.15) is 39.2 Å². The van der Waals surface area contributed by atoms with E-state index < -0.39 is 11.8 Å². The number of hydrogen-bond donors (Lipinski definition) is 2.